The number of carbonyl (C=O) groups excluding carboxylic acids is 1. The molecule has 1 N–H and O–H groups in total. The Kier molecular flexibility index (Phi) is 6.69. The first kappa shape index (κ1) is 21.7. The van der Waals surface area contributed by atoms with Crippen LogP contribution in [-0.2, 0) is 14.8 Å². The number of hydrogen-bond acceptors (Lipinski definition) is 5. The van der Waals surface area contributed by atoms with Crippen LogP contribution >= 0.6 is 11.3 Å². The van der Waals surface area contributed by atoms with E-state index in [0.717, 1.165) is 20.3 Å². The van der Waals surface area contributed by atoms with Gasteiger partial charge in [0.25, 0.3) is 15.9 Å². The van der Waals surface area contributed by atoms with Crippen molar-refractivity contribution in [1.29, 1.82) is 0 Å². The molecule has 1 amide bonds. The number of hydrazone groups is 1. The smallest absolute Gasteiger partial charge is 0.264 e. The number of thiophene rings is 1. The van der Waals surface area contributed by atoms with Crippen molar-refractivity contribution in [2.45, 2.75) is 25.7 Å². The van der Waals surface area contributed by atoms with Gasteiger partial charge in [0.05, 0.1) is 16.3 Å². The molecule has 1 aromatic heterocycles. The third-order valence-corrected chi connectivity index (χ3v) is 7.26. The predicted octanol–water partition coefficient (Wildman–Crippen LogP) is 4.10. The molecule has 2 aromatic carbocycles. The van der Waals surface area contributed by atoms with E-state index in [9.17, 15) is 13.2 Å². The lowest BCUT2D eigenvalue weighted by Gasteiger charge is -2.25. The van der Waals surface area contributed by atoms with E-state index in [1.807, 2.05) is 43.5 Å². The second-order valence-electron chi connectivity index (χ2n) is 6.82. The summed E-state index contributed by atoms with van der Waals surface area (Å²) in [5.74, 6) is -0.523. The number of hydrogen-bond donors (Lipinski definition) is 1. The summed E-state index contributed by atoms with van der Waals surface area (Å²) in [7, 11) is -3.94. The number of para-hydroxylation sites is 1. The van der Waals surface area contributed by atoms with Gasteiger partial charge in [-0.3, -0.25) is 9.10 Å². The molecule has 3 aromatic rings. The number of anilines is 1. The van der Waals surface area contributed by atoms with Crippen LogP contribution in [0.2, 0.25) is 0 Å². The number of sulfonamides is 1. The van der Waals surface area contributed by atoms with Crippen molar-refractivity contribution < 1.29 is 13.2 Å². The summed E-state index contributed by atoms with van der Waals surface area (Å²) in [6, 6.07) is 17.4. The molecule has 3 rings (SSSR count). The summed E-state index contributed by atoms with van der Waals surface area (Å²) < 4.78 is 27.9. The maximum Gasteiger partial charge on any atom is 0.264 e. The third-order valence-electron chi connectivity index (χ3n) is 4.51. The molecule has 8 heteroatoms. The summed E-state index contributed by atoms with van der Waals surface area (Å²) in [6.45, 7) is 5.09. The highest BCUT2D eigenvalue weighted by Gasteiger charge is 2.28. The van der Waals surface area contributed by atoms with E-state index < -0.39 is 15.9 Å². The Labute approximate surface area is 180 Å². The van der Waals surface area contributed by atoms with Crippen molar-refractivity contribution in [3.8, 4) is 0 Å². The maximum atomic E-state index is 13.4. The number of carbonyl (C=O) groups is 1. The Morgan fingerprint density at radius 3 is 2.37 bits per heavy atom. The topological polar surface area (TPSA) is 78.8 Å². The number of rotatable bonds is 7. The number of amides is 1. The van der Waals surface area contributed by atoms with E-state index >= 15 is 0 Å². The van der Waals surface area contributed by atoms with Crippen LogP contribution in [0.5, 0.6) is 0 Å². The van der Waals surface area contributed by atoms with E-state index in [-0.39, 0.29) is 11.4 Å². The highest BCUT2D eigenvalue weighted by molar-refractivity contribution is 7.92. The average Bonchev–Trinajstić information content (AvgIpc) is 3.26. The van der Waals surface area contributed by atoms with Crippen LogP contribution in [-0.4, -0.2) is 26.6 Å². The maximum absolute atomic E-state index is 13.4. The monoisotopic (exact) mass is 441 g/mol. The van der Waals surface area contributed by atoms with Crippen LogP contribution in [0, 0.1) is 13.8 Å². The molecule has 0 unspecified atom stereocenters. The van der Waals surface area contributed by atoms with Gasteiger partial charge >= 0.3 is 0 Å². The van der Waals surface area contributed by atoms with Crippen LogP contribution in [0.15, 0.2) is 76.0 Å². The lowest BCUT2D eigenvalue weighted by atomic mass is 10.2. The van der Waals surface area contributed by atoms with Crippen LogP contribution in [0.3, 0.4) is 0 Å². The molecule has 0 aliphatic rings. The molecular formula is C22H23N3O3S2. The van der Waals surface area contributed by atoms with Gasteiger partial charge in [-0.25, -0.2) is 13.8 Å². The molecular weight excluding hydrogens is 418 g/mol. The molecule has 0 fully saturated rings. The number of nitrogens with zero attached hydrogens (tertiary/aromatic N) is 2. The summed E-state index contributed by atoms with van der Waals surface area (Å²) in [6.07, 6.45) is 0. The summed E-state index contributed by atoms with van der Waals surface area (Å²) >= 11 is 1.51. The summed E-state index contributed by atoms with van der Waals surface area (Å²) in [5, 5.41) is 6.03. The van der Waals surface area contributed by atoms with E-state index in [1.54, 1.807) is 43.3 Å². The summed E-state index contributed by atoms with van der Waals surface area (Å²) in [5.41, 5.74) is 5.28. The van der Waals surface area contributed by atoms with Crippen molar-refractivity contribution in [3.63, 3.8) is 0 Å². The lowest BCUT2D eigenvalue weighted by molar-refractivity contribution is -0.119. The zero-order chi connectivity index (χ0) is 21.7. The quantitative estimate of drug-likeness (QED) is 0.443. The molecule has 0 saturated carbocycles. The van der Waals surface area contributed by atoms with E-state index in [0.29, 0.717) is 11.4 Å². The van der Waals surface area contributed by atoms with Gasteiger partial charge in [-0.2, -0.15) is 5.10 Å². The molecule has 0 aliphatic carbocycles. The standard InChI is InChI=1S/C22H23N3O3S2/c1-16-10-12-19(13-11-16)30(27,28)25(20-8-5-4-7-17(20)2)15-22(26)24-23-18(3)21-9-6-14-29-21/h4-14H,15H2,1-3H3,(H,24,26)/b23-18-. The largest absolute Gasteiger partial charge is 0.271 e. The Bertz CT molecular complexity index is 1150. The molecule has 156 valence electrons. The fourth-order valence-corrected chi connectivity index (χ4v) is 4.99. The van der Waals surface area contributed by atoms with Gasteiger partial charge in [-0.15, -0.1) is 11.3 Å². The minimum absolute atomic E-state index is 0.127. The van der Waals surface area contributed by atoms with Crippen molar-refractivity contribution >= 4 is 38.7 Å². The van der Waals surface area contributed by atoms with Gasteiger partial charge in [0.15, 0.2) is 0 Å². The predicted molar refractivity (Wildman–Crippen MR) is 122 cm³/mol. The minimum Gasteiger partial charge on any atom is -0.271 e. The average molecular weight is 442 g/mol. The molecule has 0 aliphatic heterocycles. The Morgan fingerprint density at radius 1 is 1.03 bits per heavy atom. The van der Waals surface area contributed by atoms with Crippen LogP contribution in [0.4, 0.5) is 5.69 Å². The number of benzene rings is 2. The molecule has 0 atom stereocenters. The molecule has 1 heterocycles. The van der Waals surface area contributed by atoms with Gasteiger partial charge < -0.3 is 0 Å². The van der Waals surface area contributed by atoms with E-state index in [4.69, 9.17) is 0 Å². The molecule has 6 nitrogen and oxygen atoms in total. The van der Waals surface area contributed by atoms with Crippen molar-refractivity contribution in [2.75, 3.05) is 10.8 Å². The molecule has 0 spiro atoms. The summed E-state index contributed by atoms with van der Waals surface area (Å²) in [4.78, 5) is 13.7. The molecule has 0 saturated heterocycles. The van der Waals surface area contributed by atoms with Gasteiger partial charge in [0, 0.05) is 4.88 Å². The second kappa shape index (κ2) is 9.23. The van der Waals surface area contributed by atoms with Crippen molar-refractivity contribution in [2.24, 2.45) is 5.10 Å². The lowest BCUT2D eigenvalue weighted by Crippen LogP contribution is -2.40. The second-order valence-corrected chi connectivity index (χ2v) is 9.63. The highest BCUT2D eigenvalue weighted by atomic mass is 32.2. The van der Waals surface area contributed by atoms with Gasteiger partial charge in [-0.1, -0.05) is 42.0 Å². The molecule has 0 radical (unpaired) electrons. The van der Waals surface area contributed by atoms with E-state index in [2.05, 4.69) is 10.5 Å². The highest BCUT2D eigenvalue weighted by Crippen LogP contribution is 2.26. The van der Waals surface area contributed by atoms with Crippen molar-refractivity contribution in [1.82, 2.24) is 5.43 Å². The van der Waals surface area contributed by atoms with Gasteiger partial charge in [0.2, 0.25) is 0 Å². The Balaban J connectivity index is 1.90. The van der Waals surface area contributed by atoms with Gasteiger partial charge in [0.1, 0.15) is 6.54 Å². The molecule has 30 heavy (non-hydrogen) atoms. The zero-order valence-electron chi connectivity index (χ0n) is 17.0. The van der Waals surface area contributed by atoms with Gasteiger partial charge in [-0.05, 0) is 56.0 Å². The SMILES string of the molecule is C/C(=N/NC(=O)CN(c1ccccc1C)S(=O)(=O)c1ccc(C)cc1)c1cccs1. The Morgan fingerprint density at radius 2 is 1.73 bits per heavy atom. The van der Waals surface area contributed by atoms with Crippen LogP contribution < -0.4 is 9.73 Å². The Hall–Kier alpha value is -2.97. The fraction of sp³-hybridized carbons (Fsp3) is 0.182. The first-order chi connectivity index (χ1) is 14.3. The normalized spacial score (nSPS) is 11.9. The first-order valence-electron chi connectivity index (χ1n) is 9.31. The van der Waals surface area contributed by atoms with Crippen LogP contribution in [0.25, 0.3) is 0 Å². The number of aryl methyl sites for hydroxylation is 2. The van der Waals surface area contributed by atoms with E-state index in [1.165, 1.54) is 11.3 Å². The number of nitrogens with one attached hydrogen (secondary N) is 1. The fourth-order valence-electron chi connectivity index (χ4n) is 2.83. The third kappa shape index (κ3) is 4.95. The minimum atomic E-state index is -3.94. The zero-order valence-corrected chi connectivity index (χ0v) is 18.6. The van der Waals surface area contributed by atoms with Crippen molar-refractivity contribution in [3.05, 3.63) is 82.0 Å². The van der Waals surface area contributed by atoms with Crippen LogP contribution in [0.1, 0.15) is 22.9 Å². The molecule has 0 bridgehead atoms. The first-order valence-corrected chi connectivity index (χ1v) is 11.6.